The molecule has 0 aromatic rings. The summed E-state index contributed by atoms with van der Waals surface area (Å²) in [5, 5.41) is 11.5. The van der Waals surface area contributed by atoms with Gasteiger partial charge in [0.15, 0.2) is 0 Å². The number of hydrogen-bond acceptors (Lipinski definition) is 4. The van der Waals surface area contributed by atoms with E-state index in [1.807, 2.05) is 0 Å². The molecule has 0 aromatic heterocycles. The second-order valence-corrected chi connectivity index (χ2v) is 11.5. The van der Waals surface area contributed by atoms with Crippen molar-refractivity contribution in [1.82, 2.24) is 0 Å². The minimum atomic E-state index is -0.789. The van der Waals surface area contributed by atoms with Crippen LogP contribution >= 0.6 is 0 Å². The van der Waals surface area contributed by atoms with E-state index in [1.54, 1.807) is 0 Å². The van der Waals surface area contributed by atoms with Gasteiger partial charge >= 0.3 is 5.97 Å². The highest BCUT2D eigenvalue weighted by atomic mass is 16.6. The lowest BCUT2D eigenvalue weighted by atomic mass is 9.43. The van der Waals surface area contributed by atoms with E-state index in [1.165, 1.54) is 6.42 Å². The van der Waals surface area contributed by atoms with Crippen LogP contribution in [0.15, 0.2) is 0 Å². The van der Waals surface area contributed by atoms with Crippen LogP contribution in [0.5, 0.6) is 0 Å². The van der Waals surface area contributed by atoms with E-state index in [0.717, 1.165) is 44.9 Å². The highest BCUT2D eigenvalue weighted by molar-refractivity contribution is 5.80. The third-order valence-electron chi connectivity index (χ3n) is 10.5. The second kappa shape index (κ2) is 5.83. The molecule has 156 valence electrons. The van der Waals surface area contributed by atoms with Gasteiger partial charge in [0.1, 0.15) is 11.4 Å². The molecule has 4 saturated carbocycles. The van der Waals surface area contributed by atoms with E-state index in [4.69, 9.17) is 4.74 Å². The van der Waals surface area contributed by atoms with Gasteiger partial charge in [-0.05, 0) is 81.5 Å². The molecule has 8 atom stereocenters. The molecule has 4 nitrogen and oxygen atoms in total. The summed E-state index contributed by atoms with van der Waals surface area (Å²) in [6.07, 6.45) is 9.81. The van der Waals surface area contributed by atoms with Crippen LogP contribution in [0.25, 0.3) is 0 Å². The molecule has 5 fully saturated rings. The number of Topliss-reactive ketones (excluding diaryl/α,β-unsaturated/α-hetero) is 1. The lowest BCUT2D eigenvalue weighted by molar-refractivity contribution is -0.208. The van der Waals surface area contributed by atoms with Gasteiger partial charge in [0.2, 0.25) is 0 Å². The first kappa shape index (κ1) is 19.1. The first-order valence-electron chi connectivity index (χ1n) is 11.6. The Morgan fingerprint density at radius 1 is 0.893 bits per heavy atom. The predicted molar refractivity (Wildman–Crippen MR) is 105 cm³/mol. The summed E-state index contributed by atoms with van der Waals surface area (Å²) in [4.78, 5) is 24.0. The summed E-state index contributed by atoms with van der Waals surface area (Å²) in [5.74, 6) is 2.50. The number of rotatable bonds is 1. The Morgan fingerprint density at radius 2 is 1.68 bits per heavy atom. The highest BCUT2D eigenvalue weighted by Crippen LogP contribution is 2.69. The third kappa shape index (κ3) is 2.33. The van der Waals surface area contributed by atoms with Crippen molar-refractivity contribution >= 4 is 11.8 Å². The van der Waals surface area contributed by atoms with Crippen LogP contribution in [0.1, 0.15) is 91.4 Å². The van der Waals surface area contributed by atoms with Crippen LogP contribution < -0.4 is 0 Å². The van der Waals surface area contributed by atoms with Crippen molar-refractivity contribution in [1.29, 1.82) is 0 Å². The van der Waals surface area contributed by atoms with Gasteiger partial charge in [0.25, 0.3) is 0 Å². The van der Waals surface area contributed by atoms with Gasteiger partial charge < -0.3 is 9.84 Å². The maximum absolute atomic E-state index is 12.1. The van der Waals surface area contributed by atoms with Crippen molar-refractivity contribution in [3.63, 3.8) is 0 Å². The molecule has 1 heterocycles. The molecular formula is C24H36O4. The van der Waals surface area contributed by atoms with Crippen molar-refractivity contribution in [2.24, 2.45) is 34.5 Å². The molecule has 5 aliphatic rings. The maximum Gasteiger partial charge on any atom is 0.306 e. The summed E-state index contributed by atoms with van der Waals surface area (Å²) in [6.45, 7) is 6.93. The number of esters is 1. The monoisotopic (exact) mass is 388 g/mol. The number of cyclic esters (lactones) is 1. The lowest BCUT2D eigenvalue weighted by Crippen LogP contribution is -2.62. The molecule has 1 saturated heterocycles. The third-order valence-corrected chi connectivity index (χ3v) is 10.5. The van der Waals surface area contributed by atoms with Crippen LogP contribution in [0.3, 0.4) is 0 Å². The van der Waals surface area contributed by atoms with Crippen molar-refractivity contribution in [3.8, 4) is 0 Å². The SMILES string of the molecule is C[C@]12CC[C@H]3[C@@H](CC[C@]4(O)CC(=O)CC[C@]34C)[C@@H]1CC[C@@H]2[C@]1(C)CCC(=O)O1. The summed E-state index contributed by atoms with van der Waals surface area (Å²) < 4.78 is 5.90. The Hall–Kier alpha value is -0.900. The Bertz CT molecular complexity index is 717. The fraction of sp³-hybridized carbons (Fsp3) is 0.917. The van der Waals surface area contributed by atoms with Crippen LogP contribution in [0, 0.1) is 34.5 Å². The predicted octanol–water partition coefficient (Wildman–Crippen LogP) is 4.43. The molecule has 0 amide bonds. The molecule has 0 radical (unpaired) electrons. The normalized spacial score (nSPS) is 56.0. The number of carbonyl (C=O) groups is 2. The van der Waals surface area contributed by atoms with E-state index in [2.05, 4.69) is 20.8 Å². The molecule has 28 heavy (non-hydrogen) atoms. The fourth-order valence-corrected chi connectivity index (χ4v) is 9.00. The number of ether oxygens (including phenoxy) is 1. The Balaban J connectivity index is 1.44. The summed E-state index contributed by atoms with van der Waals surface area (Å²) >= 11 is 0. The zero-order valence-corrected chi connectivity index (χ0v) is 17.8. The summed E-state index contributed by atoms with van der Waals surface area (Å²) in [5.41, 5.74) is -0.962. The lowest BCUT2D eigenvalue weighted by Gasteiger charge is -2.63. The van der Waals surface area contributed by atoms with Crippen molar-refractivity contribution in [2.45, 2.75) is 103 Å². The molecule has 0 aromatic carbocycles. The minimum absolute atomic E-state index is 0.0228. The molecule has 0 spiro atoms. The van der Waals surface area contributed by atoms with Gasteiger partial charge in [0.05, 0.1) is 5.60 Å². The van der Waals surface area contributed by atoms with Crippen molar-refractivity contribution < 1.29 is 19.4 Å². The second-order valence-electron chi connectivity index (χ2n) is 11.5. The highest BCUT2D eigenvalue weighted by Gasteiger charge is 2.66. The average Bonchev–Trinajstić information content (AvgIpc) is 3.16. The number of ketones is 1. The van der Waals surface area contributed by atoms with Crippen LogP contribution in [0.4, 0.5) is 0 Å². The van der Waals surface area contributed by atoms with Crippen LogP contribution in [0.2, 0.25) is 0 Å². The molecule has 1 aliphatic heterocycles. The van der Waals surface area contributed by atoms with Crippen molar-refractivity contribution in [2.75, 3.05) is 0 Å². The van der Waals surface area contributed by atoms with Crippen LogP contribution in [-0.2, 0) is 14.3 Å². The van der Waals surface area contributed by atoms with Gasteiger partial charge in [-0.2, -0.15) is 0 Å². The topological polar surface area (TPSA) is 63.6 Å². The average molecular weight is 389 g/mol. The molecule has 4 heteroatoms. The molecule has 0 unspecified atom stereocenters. The van der Waals surface area contributed by atoms with E-state index in [9.17, 15) is 14.7 Å². The smallest absolute Gasteiger partial charge is 0.306 e. The molecule has 0 bridgehead atoms. The molecule has 1 N–H and O–H groups in total. The van der Waals surface area contributed by atoms with Gasteiger partial charge in [-0.1, -0.05) is 13.8 Å². The fourth-order valence-electron chi connectivity index (χ4n) is 9.00. The zero-order chi connectivity index (χ0) is 19.9. The number of fused-ring (bicyclic) bond motifs is 5. The van der Waals surface area contributed by atoms with Gasteiger partial charge in [-0.3, -0.25) is 9.59 Å². The Kier molecular flexibility index (Phi) is 3.98. The van der Waals surface area contributed by atoms with Crippen molar-refractivity contribution in [3.05, 3.63) is 0 Å². The van der Waals surface area contributed by atoms with Gasteiger partial charge in [0, 0.05) is 30.6 Å². The Labute approximate surface area is 168 Å². The largest absolute Gasteiger partial charge is 0.459 e. The summed E-state index contributed by atoms with van der Waals surface area (Å²) in [7, 11) is 0. The Morgan fingerprint density at radius 3 is 2.39 bits per heavy atom. The van der Waals surface area contributed by atoms with Crippen LogP contribution in [-0.4, -0.2) is 28.1 Å². The maximum atomic E-state index is 12.1. The number of carbonyl (C=O) groups excluding carboxylic acids is 2. The summed E-state index contributed by atoms with van der Waals surface area (Å²) in [6, 6.07) is 0. The first-order valence-corrected chi connectivity index (χ1v) is 11.6. The number of hydrogen-bond donors (Lipinski definition) is 1. The molecule has 4 aliphatic carbocycles. The van der Waals surface area contributed by atoms with E-state index < -0.39 is 5.60 Å². The van der Waals surface area contributed by atoms with E-state index in [-0.39, 0.29) is 28.2 Å². The standard InChI is InChI=1S/C24H36O4/c1-21-10-8-18-16(7-13-24(27)14-15(25)6-11-22(18,24)2)17(21)4-5-19(21)23(3)12-9-20(26)28-23/h16-19,27H,4-14H2,1-3H3/t16-,17-,18-,19-,21-,22+,23-,24-/m0/s1. The minimum Gasteiger partial charge on any atom is -0.459 e. The first-order chi connectivity index (χ1) is 13.1. The van der Waals surface area contributed by atoms with E-state index >= 15 is 0 Å². The number of aliphatic hydroxyl groups is 1. The quantitative estimate of drug-likeness (QED) is 0.675. The van der Waals surface area contributed by atoms with Gasteiger partial charge in [-0.25, -0.2) is 0 Å². The van der Waals surface area contributed by atoms with E-state index in [0.29, 0.717) is 42.9 Å². The van der Waals surface area contributed by atoms with Gasteiger partial charge in [-0.15, -0.1) is 0 Å². The zero-order valence-electron chi connectivity index (χ0n) is 17.8. The molecular weight excluding hydrogens is 352 g/mol. The molecule has 5 rings (SSSR count).